The highest BCUT2D eigenvalue weighted by atomic mass is 19.1. The molecule has 0 spiro atoms. The zero-order valence-electron chi connectivity index (χ0n) is 10.00. The van der Waals surface area contributed by atoms with Gasteiger partial charge in [-0.1, -0.05) is 0 Å². The van der Waals surface area contributed by atoms with Crippen LogP contribution in [0.3, 0.4) is 0 Å². The first kappa shape index (κ1) is 13.4. The molecule has 0 saturated carbocycles. The number of hydrogen-bond acceptors (Lipinski definition) is 2. The van der Waals surface area contributed by atoms with Crippen LogP contribution in [-0.4, -0.2) is 0 Å². The molecule has 2 N–H and O–H groups in total. The van der Waals surface area contributed by atoms with E-state index >= 15 is 0 Å². The van der Waals surface area contributed by atoms with Crippen LogP contribution in [0.1, 0.15) is 11.1 Å². The van der Waals surface area contributed by atoms with Crippen LogP contribution in [0.15, 0.2) is 36.4 Å². The van der Waals surface area contributed by atoms with E-state index in [0.29, 0.717) is 16.9 Å². The van der Waals surface area contributed by atoms with Crippen LogP contribution in [-0.2, 0) is 13.2 Å². The van der Waals surface area contributed by atoms with Crippen molar-refractivity contribution in [2.75, 3.05) is 0 Å². The minimum absolute atomic E-state index is 0.0205. The van der Waals surface area contributed by atoms with Crippen molar-refractivity contribution in [3.63, 3.8) is 0 Å². The quantitative estimate of drug-likeness (QED) is 0.923. The van der Waals surface area contributed by atoms with Crippen molar-refractivity contribution in [3.05, 3.63) is 65.0 Å². The van der Waals surface area contributed by atoms with Gasteiger partial charge in [0.1, 0.15) is 29.8 Å². The average Bonchev–Trinajstić information content (AvgIpc) is 2.36. The van der Waals surface area contributed by atoms with Crippen LogP contribution in [0.4, 0.5) is 13.2 Å². The van der Waals surface area contributed by atoms with Crippen molar-refractivity contribution in [1.82, 2.24) is 0 Å². The summed E-state index contributed by atoms with van der Waals surface area (Å²) in [7, 11) is 0. The zero-order valence-corrected chi connectivity index (χ0v) is 10.00. The number of hydrogen-bond donors (Lipinski definition) is 1. The highest BCUT2D eigenvalue weighted by Gasteiger charge is 2.06. The lowest BCUT2D eigenvalue weighted by molar-refractivity contribution is 0.301. The number of nitrogens with two attached hydrogens (primary N) is 1. The van der Waals surface area contributed by atoms with Gasteiger partial charge in [-0.25, -0.2) is 13.2 Å². The molecular formula is C14H12F3NO. The van der Waals surface area contributed by atoms with E-state index in [4.69, 9.17) is 10.5 Å². The van der Waals surface area contributed by atoms with Gasteiger partial charge in [0.05, 0.1) is 0 Å². The highest BCUT2D eigenvalue weighted by molar-refractivity contribution is 5.34. The fourth-order valence-corrected chi connectivity index (χ4v) is 1.70. The summed E-state index contributed by atoms with van der Waals surface area (Å²) in [5.74, 6) is -1.35. The molecule has 0 aromatic heterocycles. The lowest BCUT2D eigenvalue weighted by atomic mass is 10.2. The molecule has 0 radical (unpaired) electrons. The van der Waals surface area contributed by atoms with Crippen molar-refractivity contribution < 1.29 is 17.9 Å². The third kappa shape index (κ3) is 3.48. The number of rotatable bonds is 4. The predicted octanol–water partition coefficient (Wildman–Crippen LogP) is 3.14. The molecule has 0 amide bonds. The Balaban J connectivity index is 2.14. The van der Waals surface area contributed by atoms with Gasteiger partial charge in [0.2, 0.25) is 0 Å². The monoisotopic (exact) mass is 267 g/mol. The van der Waals surface area contributed by atoms with Crippen LogP contribution < -0.4 is 10.5 Å². The molecule has 0 heterocycles. The zero-order chi connectivity index (χ0) is 13.8. The smallest absolute Gasteiger partial charge is 0.126 e. The Labute approximate surface area is 108 Å². The van der Waals surface area contributed by atoms with E-state index in [0.717, 1.165) is 6.07 Å². The van der Waals surface area contributed by atoms with Crippen LogP contribution in [0.2, 0.25) is 0 Å². The van der Waals surface area contributed by atoms with Gasteiger partial charge in [0, 0.05) is 18.2 Å². The Morgan fingerprint density at radius 1 is 0.895 bits per heavy atom. The molecule has 2 aromatic carbocycles. The second-order valence-electron chi connectivity index (χ2n) is 4.02. The van der Waals surface area contributed by atoms with Crippen LogP contribution in [0.5, 0.6) is 5.75 Å². The number of benzene rings is 2. The minimum Gasteiger partial charge on any atom is -0.489 e. The Hall–Kier alpha value is -2.01. The molecule has 100 valence electrons. The maximum atomic E-state index is 13.0. The summed E-state index contributed by atoms with van der Waals surface area (Å²) >= 11 is 0. The minimum atomic E-state index is -0.670. The van der Waals surface area contributed by atoms with E-state index in [-0.39, 0.29) is 13.2 Å². The SMILES string of the molecule is NCc1cc(F)ccc1OCc1cc(F)cc(F)c1. The molecule has 2 nitrogen and oxygen atoms in total. The molecule has 0 unspecified atom stereocenters. The van der Waals surface area contributed by atoms with Crippen LogP contribution >= 0.6 is 0 Å². The van der Waals surface area contributed by atoms with E-state index < -0.39 is 17.5 Å². The largest absolute Gasteiger partial charge is 0.489 e. The molecule has 0 aliphatic rings. The number of halogens is 3. The Bertz CT molecular complexity index is 567. The molecule has 2 aromatic rings. The summed E-state index contributed by atoms with van der Waals surface area (Å²) in [6, 6.07) is 7.07. The average molecular weight is 267 g/mol. The molecule has 0 atom stereocenters. The summed E-state index contributed by atoms with van der Waals surface area (Å²) < 4.78 is 44.4. The summed E-state index contributed by atoms with van der Waals surface area (Å²) in [6.45, 7) is 0.0952. The van der Waals surface area contributed by atoms with Gasteiger partial charge in [-0.05, 0) is 35.9 Å². The Kier molecular flexibility index (Phi) is 4.06. The predicted molar refractivity (Wildman–Crippen MR) is 65.0 cm³/mol. The van der Waals surface area contributed by atoms with Gasteiger partial charge >= 0.3 is 0 Å². The first-order valence-corrected chi connectivity index (χ1v) is 5.65. The molecular weight excluding hydrogens is 255 g/mol. The van der Waals surface area contributed by atoms with Gasteiger partial charge in [-0.15, -0.1) is 0 Å². The van der Waals surface area contributed by atoms with Gasteiger partial charge in [-0.2, -0.15) is 0 Å². The fraction of sp³-hybridized carbons (Fsp3) is 0.143. The topological polar surface area (TPSA) is 35.2 Å². The van der Waals surface area contributed by atoms with Crippen LogP contribution in [0, 0.1) is 17.5 Å². The Morgan fingerprint density at radius 3 is 2.21 bits per heavy atom. The normalized spacial score (nSPS) is 10.5. The van der Waals surface area contributed by atoms with Crippen LogP contribution in [0.25, 0.3) is 0 Å². The van der Waals surface area contributed by atoms with Crippen molar-refractivity contribution in [2.24, 2.45) is 5.73 Å². The summed E-state index contributed by atoms with van der Waals surface area (Å²) in [4.78, 5) is 0. The fourth-order valence-electron chi connectivity index (χ4n) is 1.70. The van der Waals surface area contributed by atoms with Crippen molar-refractivity contribution in [1.29, 1.82) is 0 Å². The first-order valence-electron chi connectivity index (χ1n) is 5.65. The van der Waals surface area contributed by atoms with E-state index in [1.807, 2.05) is 0 Å². The van der Waals surface area contributed by atoms with Gasteiger partial charge in [0.15, 0.2) is 0 Å². The molecule has 0 aliphatic heterocycles. The molecule has 0 aliphatic carbocycles. The van der Waals surface area contributed by atoms with Crippen molar-refractivity contribution in [3.8, 4) is 5.75 Å². The highest BCUT2D eigenvalue weighted by Crippen LogP contribution is 2.21. The third-order valence-electron chi connectivity index (χ3n) is 2.56. The lowest BCUT2D eigenvalue weighted by Crippen LogP contribution is -2.03. The summed E-state index contributed by atoms with van der Waals surface area (Å²) in [5, 5.41) is 0. The maximum Gasteiger partial charge on any atom is 0.126 e. The van der Waals surface area contributed by atoms with E-state index in [2.05, 4.69) is 0 Å². The Morgan fingerprint density at radius 2 is 1.58 bits per heavy atom. The van der Waals surface area contributed by atoms with Crippen molar-refractivity contribution in [2.45, 2.75) is 13.2 Å². The molecule has 19 heavy (non-hydrogen) atoms. The van der Waals surface area contributed by atoms with Gasteiger partial charge in [-0.3, -0.25) is 0 Å². The molecule has 5 heteroatoms. The summed E-state index contributed by atoms with van der Waals surface area (Å²) in [5.41, 5.74) is 6.32. The standard InChI is InChI=1S/C14H12F3NO/c15-11-1-2-14(10(5-11)7-18)19-8-9-3-12(16)6-13(17)4-9/h1-6H,7-8,18H2. The number of ether oxygens (including phenoxy) is 1. The van der Waals surface area contributed by atoms with Gasteiger partial charge in [0.25, 0.3) is 0 Å². The first-order chi connectivity index (χ1) is 9.08. The van der Waals surface area contributed by atoms with E-state index in [9.17, 15) is 13.2 Å². The molecule has 0 fully saturated rings. The van der Waals surface area contributed by atoms with Crippen molar-refractivity contribution >= 4 is 0 Å². The molecule has 0 saturated heterocycles. The van der Waals surface area contributed by atoms with Gasteiger partial charge < -0.3 is 10.5 Å². The van der Waals surface area contributed by atoms with E-state index in [1.54, 1.807) is 0 Å². The second-order valence-corrected chi connectivity index (χ2v) is 4.02. The summed E-state index contributed by atoms with van der Waals surface area (Å²) in [6.07, 6.45) is 0. The van der Waals surface area contributed by atoms with E-state index in [1.165, 1.54) is 30.3 Å². The third-order valence-corrected chi connectivity index (χ3v) is 2.56. The lowest BCUT2D eigenvalue weighted by Gasteiger charge is -2.10. The maximum absolute atomic E-state index is 13.0. The second kappa shape index (κ2) is 5.75. The molecule has 2 rings (SSSR count). The molecule has 0 bridgehead atoms.